The van der Waals surface area contributed by atoms with Gasteiger partial charge in [0.05, 0.1) is 19.7 Å². The third-order valence-corrected chi connectivity index (χ3v) is 4.75. The Morgan fingerprint density at radius 2 is 1.93 bits per heavy atom. The van der Waals surface area contributed by atoms with E-state index in [1.54, 1.807) is 6.20 Å². The van der Waals surface area contributed by atoms with Crippen molar-refractivity contribution >= 4 is 11.7 Å². The fourth-order valence-corrected chi connectivity index (χ4v) is 3.26. The fourth-order valence-electron chi connectivity index (χ4n) is 3.26. The lowest BCUT2D eigenvalue weighted by molar-refractivity contribution is -0.136. The maximum atomic E-state index is 11.0. The highest BCUT2D eigenvalue weighted by atomic mass is 16.5. The number of anilines is 1. The predicted molar refractivity (Wildman–Crippen MR) is 115 cm³/mol. The van der Waals surface area contributed by atoms with E-state index >= 15 is 0 Å². The SMILES string of the molecule is O=C(O)CCc1ccc(Cn2cccn2)cc1OCCN(CCO)c1ccccc1. The van der Waals surface area contributed by atoms with Crippen LogP contribution in [0.3, 0.4) is 0 Å². The molecular formula is C23H27N3O4. The summed E-state index contributed by atoms with van der Waals surface area (Å²) in [5.41, 5.74) is 2.92. The molecule has 0 spiro atoms. The quantitative estimate of drug-likeness (QED) is 0.478. The predicted octanol–water partition coefficient (Wildman–Crippen LogP) is 2.83. The van der Waals surface area contributed by atoms with E-state index in [4.69, 9.17) is 9.84 Å². The molecule has 0 aliphatic rings. The highest BCUT2D eigenvalue weighted by Crippen LogP contribution is 2.23. The van der Waals surface area contributed by atoms with E-state index < -0.39 is 5.97 Å². The summed E-state index contributed by atoms with van der Waals surface area (Å²) in [7, 11) is 0. The Morgan fingerprint density at radius 3 is 2.63 bits per heavy atom. The van der Waals surface area contributed by atoms with Crippen LogP contribution < -0.4 is 9.64 Å². The minimum atomic E-state index is -0.834. The Labute approximate surface area is 176 Å². The van der Waals surface area contributed by atoms with Crippen molar-refractivity contribution in [2.45, 2.75) is 19.4 Å². The number of hydrogen-bond donors (Lipinski definition) is 2. The van der Waals surface area contributed by atoms with Gasteiger partial charge in [-0.15, -0.1) is 0 Å². The van der Waals surface area contributed by atoms with Gasteiger partial charge in [0.1, 0.15) is 12.4 Å². The molecule has 0 bridgehead atoms. The van der Waals surface area contributed by atoms with E-state index in [-0.39, 0.29) is 13.0 Å². The van der Waals surface area contributed by atoms with E-state index in [0.717, 1.165) is 16.8 Å². The zero-order valence-electron chi connectivity index (χ0n) is 16.9. The van der Waals surface area contributed by atoms with Crippen LogP contribution in [0.4, 0.5) is 5.69 Å². The smallest absolute Gasteiger partial charge is 0.303 e. The number of carboxylic acid groups (broad SMARTS) is 1. The number of rotatable bonds is 12. The molecule has 0 saturated heterocycles. The second-order valence-electron chi connectivity index (χ2n) is 6.93. The Balaban J connectivity index is 1.69. The summed E-state index contributed by atoms with van der Waals surface area (Å²) in [6.07, 6.45) is 4.09. The minimum Gasteiger partial charge on any atom is -0.491 e. The molecule has 158 valence electrons. The molecule has 0 radical (unpaired) electrons. The number of carbonyl (C=O) groups is 1. The molecule has 0 aliphatic carbocycles. The molecule has 3 aromatic rings. The van der Waals surface area contributed by atoms with Gasteiger partial charge in [-0.1, -0.05) is 30.3 Å². The molecule has 1 aromatic heterocycles. The lowest BCUT2D eigenvalue weighted by Gasteiger charge is -2.24. The summed E-state index contributed by atoms with van der Waals surface area (Å²) in [5.74, 6) is -0.141. The van der Waals surface area contributed by atoms with Gasteiger partial charge in [-0.3, -0.25) is 9.48 Å². The number of carboxylic acids is 1. The van der Waals surface area contributed by atoms with Crippen LogP contribution in [0.2, 0.25) is 0 Å². The summed E-state index contributed by atoms with van der Waals surface area (Å²) >= 11 is 0. The molecule has 2 aromatic carbocycles. The first-order valence-electron chi connectivity index (χ1n) is 10.0. The number of ether oxygens (including phenoxy) is 1. The zero-order valence-corrected chi connectivity index (χ0v) is 16.9. The van der Waals surface area contributed by atoms with Gasteiger partial charge >= 0.3 is 5.97 Å². The molecule has 0 aliphatic heterocycles. The van der Waals surface area contributed by atoms with Crippen molar-refractivity contribution in [1.29, 1.82) is 0 Å². The Hall–Kier alpha value is -3.32. The maximum Gasteiger partial charge on any atom is 0.303 e. The number of aryl methyl sites for hydroxylation is 1. The van der Waals surface area contributed by atoms with Crippen LogP contribution >= 0.6 is 0 Å². The van der Waals surface area contributed by atoms with Crippen molar-refractivity contribution in [1.82, 2.24) is 9.78 Å². The second-order valence-corrected chi connectivity index (χ2v) is 6.93. The van der Waals surface area contributed by atoms with E-state index in [0.29, 0.717) is 38.4 Å². The number of benzene rings is 2. The highest BCUT2D eigenvalue weighted by molar-refractivity contribution is 5.67. The van der Waals surface area contributed by atoms with Gasteiger partial charge in [-0.2, -0.15) is 5.10 Å². The normalized spacial score (nSPS) is 10.7. The van der Waals surface area contributed by atoms with Gasteiger partial charge in [-0.05, 0) is 41.8 Å². The number of nitrogens with zero attached hydrogens (tertiary/aromatic N) is 3. The number of aliphatic carboxylic acids is 1. The van der Waals surface area contributed by atoms with Crippen LogP contribution in [0.5, 0.6) is 5.75 Å². The van der Waals surface area contributed by atoms with Crippen LogP contribution in [-0.2, 0) is 17.8 Å². The van der Waals surface area contributed by atoms with Crippen molar-refractivity contribution in [2.24, 2.45) is 0 Å². The monoisotopic (exact) mass is 409 g/mol. The molecule has 0 atom stereocenters. The van der Waals surface area contributed by atoms with Crippen LogP contribution in [-0.4, -0.2) is 52.3 Å². The summed E-state index contributed by atoms with van der Waals surface area (Å²) in [6, 6.07) is 17.6. The summed E-state index contributed by atoms with van der Waals surface area (Å²) in [6.45, 7) is 2.20. The molecule has 1 heterocycles. The lowest BCUT2D eigenvalue weighted by atomic mass is 10.1. The average molecular weight is 409 g/mol. The van der Waals surface area contributed by atoms with Gasteiger partial charge < -0.3 is 19.8 Å². The van der Waals surface area contributed by atoms with Gasteiger partial charge in [0.15, 0.2) is 0 Å². The molecule has 0 saturated carbocycles. The van der Waals surface area contributed by atoms with Gasteiger partial charge in [-0.25, -0.2) is 0 Å². The number of aliphatic hydroxyl groups is 1. The molecule has 7 nitrogen and oxygen atoms in total. The molecule has 30 heavy (non-hydrogen) atoms. The Kier molecular flexibility index (Phi) is 7.86. The minimum absolute atomic E-state index is 0.0511. The van der Waals surface area contributed by atoms with Crippen molar-refractivity contribution < 1.29 is 19.7 Å². The van der Waals surface area contributed by atoms with Gasteiger partial charge in [0, 0.05) is 31.0 Å². The van der Waals surface area contributed by atoms with Crippen molar-refractivity contribution in [2.75, 3.05) is 31.2 Å². The second kappa shape index (κ2) is 11.0. The number of aliphatic hydroxyl groups excluding tert-OH is 1. The largest absolute Gasteiger partial charge is 0.491 e. The van der Waals surface area contributed by atoms with E-state index in [1.807, 2.05) is 65.5 Å². The fraction of sp³-hybridized carbons (Fsp3) is 0.304. The van der Waals surface area contributed by atoms with Crippen LogP contribution in [0, 0.1) is 0 Å². The van der Waals surface area contributed by atoms with E-state index in [1.165, 1.54) is 0 Å². The topological polar surface area (TPSA) is 87.8 Å². The first-order chi connectivity index (χ1) is 14.7. The number of para-hydroxylation sites is 1. The Bertz CT molecular complexity index is 913. The molecule has 0 unspecified atom stereocenters. The first kappa shape index (κ1) is 21.4. The average Bonchev–Trinajstić information content (AvgIpc) is 3.26. The van der Waals surface area contributed by atoms with Crippen molar-refractivity contribution in [3.63, 3.8) is 0 Å². The third-order valence-electron chi connectivity index (χ3n) is 4.75. The molecule has 7 heteroatoms. The van der Waals surface area contributed by atoms with Crippen LogP contribution in [0.15, 0.2) is 67.0 Å². The first-order valence-corrected chi connectivity index (χ1v) is 10.0. The summed E-state index contributed by atoms with van der Waals surface area (Å²) < 4.78 is 7.91. The molecule has 3 rings (SSSR count). The molecule has 2 N–H and O–H groups in total. The third kappa shape index (κ3) is 6.35. The standard InChI is InChI=1S/C23H27N3O4/c27-15-13-25(21-5-2-1-3-6-21)14-16-30-22-17-19(18-26-12-4-11-24-26)7-8-20(22)9-10-23(28)29/h1-8,11-12,17,27H,9-10,13-16,18H2,(H,28,29). The molecular weight excluding hydrogens is 382 g/mol. The summed E-state index contributed by atoms with van der Waals surface area (Å²) in [4.78, 5) is 13.1. The Morgan fingerprint density at radius 1 is 1.10 bits per heavy atom. The van der Waals surface area contributed by atoms with E-state index in [9.17, 15) is 9.90 Å². The zero-order chi connectivity index (χ0) is 21.2. The maximum absolute atomic E-state index is 11.0. The van der Waals surface area contributed by atoms with Gasteiger partial charge in [0.2, 0.25) is 0 Å². The molecule has 0 amide bonds. The van der Waals surface area contributed by atoms with Crippen LogP contribution in [0.1, 0.15) is 17.5 Å². The van der Waals surface area contributed by atoms with Crippen molar-refractivity contribution in [3.8, 4) is 5.75 Å². The lowest BCUT2D eigenvalue weighted by Crippen LogP contribution is -2.31. The molecule has 0 fully saturated rings. The van der Waals surface area contributed by atoms with Crippen LogP contribution in [0.25, 0.3) is 0 Å². The van der Waals surface area contributed by atoms with Crippen molar-refractivity contribution in [3.05, 3.63) is 78.1 Å². The van der Waals surface area contributed by atoms with Gasteiger partial charge in [0.25, 0.3) is 0 Å². The highest BCUT2D eigenvalue weighted by Gasteiger charge is 2.11. The number of hydrogen-bond acceptors (Lipinski definition) is 5. The summed E-state index contributed by atoms with van der Waals surface area (Å²) in [5, 5.41) is 22.7. The van der Waals surface area contributed by atoms with E-state index in [2.05, 4.69) is 10.00 Å². The number of aromatic nitrogens is 2.